The molecule has 1 atom stereocenters. The Bertz CT molecular complexity index is 184. The lowest BCUT2D eigenvalue weighted by Gasteiger charge is -2.30. The number of rotatable bonds is 2. The van der Waals surface area contributed by atoms with Gasteiger partial charge in [0, 0.05) is 6.42 Å². The van der Waals surface area contributed by atoms with Gasteiger partial charge in [-0.25, -0.2) is 0 Å². The van der Waals surface area contributed by atoms with Gasteiger partial charge in [0.1, 0.15) is 11.4 Å². The number of hydrogen-bond donors (Lipinski definition) is 0. The van der Waals surface area contributed by atoms with E-state index in [0.29, 0.717) is 6.42 Å². The highest BCUT2D eigenvalue weighted by atomic mass is 16.5. The molecule has 2 heteroatoms. The Balaban J connectivity index is 2.52. The van der Waals surface area contributed by atoms with Gasteiger partial charge in [0.05, 0.1) is 6.26 Å². The molecule has 11 heavy (non-hydrogen) atoms. The van der Waals surface area contributed by atoms with E-state index in [1.165, 1.54) is 0 Å². The fraction of sp³-hybridized carbons (Fsp3) is 0.667. The van der Waals surface area contributed by atoms with Crippen LogP contribution in [-0.2, 0) is 9.53 Å². The Hall–Kier alpha value is -0.790. The summed E-state index contributed by atoms with van der Waals surface area (Å²) in [7, 11) is 0. The molecular weight excluding hydrogens is 140 g/mol. The molecule has 0 amide bonds. The lowest BCUT2D eigenvalue weighted by molar-refractivity contribution is -0.122. The Kier molecular flexibility index (Phi) is 2.32. The minimum atomic E-state index is -0.236. The van der Waals surface area contributed by atoms with Crippen LogP contribution >= 0.6 is 0 Å². The number of allylic oxidation sites excluding steroid dienone is 1. The first-order valence-corrected chi connectivity index (χ1v) is 3.95. The standard InChI is InChI=1S/C9H14O2/c1-8(10)7-9(2)5-3-4-6-11-9/h4,6H,3,5,7H2,1-2H3. The van der Waals surface area contributed by atoms with Crippen molar-refractivity contribution in [2.45, 2.75) is 38.7 Å². The van der Waals surface area contributed by atoms with Crippen molar-refractivity contribution in [2.75, 3.05) is 0 Å². The maximum atomic E-state index is 10.8. The normalized spacial score (nSPS) is 29.6. The summed E-state index contributed by atoms with van der Waals surface area (Å²) >= 11 is 0. The molecule has 0 fully saturated rings. The van der Waals surface area contributed by atoms with E-state index in [-0.39, 0.29) is 11.4 Å². The molecular formula is C9H14O2. The van der Waals surface area contributed by atoms with Crippen molar-refractivity contribution in [1.29, 1.82) is 0 Å². The Labute approximate surface area is 67.2 Å². The molecule has 1 rings (SSSR count). The van der Waals surface area contributed by atoms with Crippen molar-refractivity contribution >= 4 is 5.78 Å². The summed E-state index contributed by atoms with van der Waals surface area (Å²) in [5.74, 6) is 0.197. The van der Waals surface area contributed by atoms with Crippen LogP contribution in [0.3, 0.4) is 0 Å². The van der Waals surface area contributed by atoms with E-state index in [4.69, 9.17) is 4.74 Å². The van der Waals surface area contributed by atoms with Gasteiger partial charge in [-0.15, -0.1) is 0 Å². The van der Waals surface area contributed by atoms with Crippen molar-refractivity contribution in [1.82, 2.24) is 0 Å². The molecule has 0 radical (unpaired) electrons. The van der Waals surface area contributed by atoms with Crippen LogP contribution < -0.4 is 0 Å². The average molecular weight is 154 g/mol. The average Bonchev–Trinajstić information content (AvgIpc) is 1.85. The molecule has 1 unspecified atom stereocenters. The number of Topliss-reactive ketones (excluding diaryl/α,β-unsaturated/α-hetero) is 1. The predicted octanol–water partition coefficient (Wildman–Crippen LogP) is 2.05. The third kappa shape index (κ3) is 2.37. The smallest absolute Gasteiger partial charge is 0.133 e. The number of ether oxygens (including phenoxy) is 1. The van der Waals surface area contributed by atoms with E-state index in [9.17, 15) is 4.79 Å². The van der Waals surface area contributed by atoms with E-state index in [1.807, 2.05) is 13.0 Å². The zero-order valence-corrected chi connectivity index (χ0v) is 7.09. The van der Waals surface area contributed by atoms with Crippen molar-refractivity contribution in [3.8, 4) is 0 Å². The molecule has 0 saturated carbocycles. The van der Waals surface area contributed by atoms with Gasteiger partial charge in [0.25, 0.3) is 0 Å². The summed E-state index contributed by atoms with van der Waals surface area (Å²) in [6, 6.07) is 0. The first kappa shape index (κ1) is 8.31. The van der Waals surface area contributed by atoms with Crippen molar-refractivity contribution in [2.24, 2.45) is 0 Å². The van der Waals surface area contributed by atoms with Crippen LogP contribution in [-0.4, -0.2) is 11.4 Å². The maximum absolute atomic E-state index is 10.8. The van der Waals surface area contributed by atoms with E-state index in [0.717, 1.165) is 12.8 Å². The summed E-state index contributed by atoms with van der Waals surface area (Å²) in [5, 5.41) is 0. The van der Waals surface area contributed by atoms with Gasteiger partial charge in [-0.1, -0.05) is 0 Å². The lowest BCUT2D eigenvalue weighted by Crippen LogP contribution is -2.30. The van der Waals surface area contributed by atoms with Gasteiger partial charge in [-0.2, -0.15) is 0 Å². The molecule has 2 nitrogen and oxygen atoms in total. The van der Waals surface area contributed by atoms with Crippen molar-refractivity contribution < 1.29 is 9.53 Å². The van der Waals surface area contributed by atoms with Gasteiger partial charge in [-0.3, -0.25) is 4.79 Å². The summed E-state index contributed by atoms with van der Waals surface area (Å²) in [6.45, 7) is 3.59. The molecule has 0 aromatic carbocycles. The second-order valence-electron chi connectivity index (χ2n) is 3.36. The first-order valence-electron chi connectivity index (χ1n) is 3.95. The molecule has 1 aliphatic heterocycles. The molecule has 1 aliphatic rings. The third-order valence-electron chi connectivity index (χ3n) is 1.91. The summed E-state index contributed by atoms with van der Waals surface area (Å²) < 4.78 is 5.37. The SMILES string of the molecule is CC(=O)CC1(C)CCC=CO1. The van der Waals surface area contributed by atoms with Crippen LogP contribution in [0.5, 0.6) is 0 Å². The van der Waals surface area contributed by atoms with Gasteiger partial charge in [0.2, 0.25) is 0 Å². The lowest BCUT2D eigenvalue weighted by atomic mass is 9.93. The number of carbonyl (C=O) groups excluding carboxylic acids is 1. The topological polar surface area (TPSA) is 26.3 Å². The van der Waals surface area contributed by atoms with Gasteiger partial charge < -0.3 is 4.74 Å². The molecule has 0 saturated heterocycles. The molecule has 0 aromatic heterocycles. The van der Waals surface area contributed by atoms with Crippen molar-refractivity contribution in [3.63, 3.8) is 0 Å². The van der Waals surface area contributed by atoms with Crippen LogP contribution in [0, 0.1) is 0 Å². The summed E-state index contributed by atoms with van der Waals surface area (Å²) in [5.41, 5.74) is -0.236. The molecule has 0 spiro atoms. The molecule has 0 aliphatic carbocycles. The highest BCUT2D eigenvalue weighted by Gasteiger charge is 2.27. The molecule has 0 aromatic rings. The van der Waals surface area contributed by atoms with Crippen LogP contribution in [0.2, 0.25) is 0 Å². The second kappa shape index (κ2) is 3.07. The van der Waals surface area contributed by atoms with Crippen LogP contribution in [0.4, 0.5) is 0 Å². The fourth-order valence-corrected chi connectivity index (χ4v) is 1.38. The van der Waals surface area contributed by atoms with Crippen LogP contribution in [0.25, 0.3) is 0 Å². The van der Waals surface area contributed by atoms with Crippen LogP contribution in [0.1, 0.15) is 33.1 Å². The minimum absolute atomic E-state index is 0.197. The van der Waals surface area contributed by atoms with Crippen LogP contribution in [0.15, 0.2) is 12.3 Å². The number of ketones is 1. The monoisotopic (exact) mass is 154 g/mol. The highest BCUT2D eigenvalue weighted by molar-refractivity contribution is 5.76. The summed E-state index contributed by atoms with van der Waals surface area (Å²) in [4.78, 5) is 10.8. The molecule has 0 N–H and O–H groups in total. The van der Waals surface area contributed by atoms with E-state index < -0.39 is 0 Å². The Morgan fingerprint density at radius 3 is 2.91 bits per heavy atom. The number of hydrogen-bond acceptors (Lipinski definition) is 2. The molecule has 62 valence electrons. The minimum Gasteiger partial charge on any atom is -0.495 e. The first-order chi connectivity index (χ1) is 5.12. The predicted molar refractivity (Wildman–Crippen MR) is 43.2 cm³/mol. The fourth-order valence-electron chi connectivity index (χ4n) is 1.38. The Morgan fingerprint density at radius 2 is 2.45 bits per heavy atom. The van der Waals surface area contributed by atoms with Crippen molar-refractivity contribution in [3.05, 3.63) is 12.3 Å². The van der Waals surface area contributed by atoms with E-state index in [2.05, 4.69) is 0 Å². The van der Waals surface area contributed by atoms with Gasteiger partial charge in [-0.05, 0) is 32.8 Å². The van der Waals surface area contributed by atoms with E-state index >= 15 is 0 Å². The van der Waals surface area contributed by atoms with Gasteiger partial charge >= 0.3 is 0 Å². The number of carbonyl (C=O) groups is 1. The zero-order valence-electron chi connectivity index (χ0n) is 7.09. The largest absolute Gasteiger partial charge is 0.495 e. The van der Waals surface area contributed by atoms with E-state index in [1.54, 1.807) is 13.2 Å². The molecule has 0 bridgehead atoms. The Morgan fingerprint density at radius 1 is 1.73 bits per heavy atom. The van der Waals surface area contributed by atoms with Gasteiger partial charge in [0.15, 0.2) is 0 Å². The highest BCUT2D eigenvalue weighted by Crippen LogP contribution is 2.26. The zero-order chi connectivity index (χ0) is 8.32. The molecule has 1 heterocycles. The third-order valence-corrected chi connectivity index (χ3v) is 1.91. The summed E-state index contributed by atoms with van der Waals surface area (Å²) in [6.07, 6.45) is 6.18. The quantitative estimate of drug-likeness (QED) is 0.608. The maximum Gasteiger partial charge on any atom is 0.133 e. The second-order valence-corrected chi connectivity index (χ2v) is 3.36.